The van der Waals surface area contributed by atoms with Gasteiger partial charge in [-0.05, 0) is 46.9 Å². The van der Waals surface area contributed by atoms with Crippen molar-refractivity contribution in [3.8, 4) is 11.1 Å². The van der Waals surface area contributed by atoms with Gasteiger partial charge in [-0.25, -0.2) is 9.59 Å². The van der Waals surface area contributed by atoms with E-state index in [0.717, 1.165) is 16.9 Å². The average molecular weight is 472 g/mol. The molecule has 0 aromatic heterocycles. The predicted molar refractivity (Wildman–Crippen MR) is 137 cm³/mol. The second-order valence-electron chi connectivity index (χ2n) is 9.00. The van der Waals surface area contributed by atoms with E-state index in [0.29, 0.717) is 32.8 Å². The molecule has 1 aliphatic carbocycles. The maximum absolute atomic E-state index is 12.9. The van der Waals surface area contributed by atoms with Crippen LogP contribution in [0.15, 0.2) is 60.7 Å². The molecule has 35 heavy (non-hydrogen) atoms. The molecule has 0 spiro atoms. The fourth-order valence-electron chi connectivity index (χ4n) is 5.23. The Labute approximate surface area is 204 Å². The number of aromatic carboxylic acids is 1. The molecule has 1 aliphatic heterocycles. The summed E-state index contributed by atoms with van der Waals surface area (Å²) in [5.74, 6) is -0.922. The third-order valence-electron chi connectivity index (χ3n) is 7.11. The molecule has 0 bridgehead atoms. The van der Waals surface area contributed by atoms with E-state index in [4.69, 9.17) is 4.74 Å². The van der Waals surface area contributed by atoms with Gasteiger partial charge in [0.05, 0.1) is 5.56 Å². The van der Waals surface area contributed by atoms with Gasteiger partial charge in [-0.1, -0.05) is 48.5 Å². The van der Waals surface area contributed by atoms with Crippen molar-refractivity contribution in [2.45, 2.75) is 12.8 Å². The molecule has 2 N–H and O–H groups in total. The minimum absolute atomic E-state index is 0.0361. The van der Waals surface area contributed by atoms with Crippen LogP contribution in [0.2, 0.25) is 0 Å². The van der Waals surface area contributed by atoms with Crippen molar-refractivity contribution in [1.29, 1.82) is 0 Å². The molecule has 7 nitrogen and oxygen atoms in total. The number of rotatable bonds is 5. The second-order valence-corrected chi connectivity index (χ2v) is 9.00. The number of anilines is 2. The van der Waals surface area contributed by atoms with Crippen LogP contribution in [0.3, 0.4) is 0 Å². The Morgan fingerprint density at radius 3 is 2.14 bits per heavy atom. The van der Waals surface area contributed by atoms with Crippen molar-refractivity contribution in [3.63, 3.8) is 0 Å². The fourth-order valence-corrected chi connectivity index (χ4v) is 5.23. The summed E-state index contributed by atoms with van der Waals surface area (Å²) in [6.07, 6.45) is -0.307. The van der Waals surface area contributed by atoms with Gasteiger partial charge in [-0.2, -0.15) is 0 Å². The minimum Gasteiger partial charge on any atom is -0.478 e. The Morgan fingerprint density at radius 2 is 1.57 bits per heavy atom. The maximum atomic E-state index is 12.9. The van der Waals surface area contributed by atoms with Crippen molar-refractivity contribution in [2.24, 2.45) is 0 Å². The van der Waals surface area contributed by atoms with Gasteiger partial charge in [0.2, 0.25) is 0 Å². The number of carbonyl (C=O) groups excluding carboxylic acids is 1. The van der Waals surface area contributed by atoms with Gasteiger partial charge < -0.3 is 25.0 Å². The predicted octanol–water partition coefficient (Wildman–Crippen LogP) is 4.81. The molecule has 1 heterocycles. The maximum Gasteiger partial charge on any atom is 0.409 e. The van der Waals surface area contributed by atoms with Crippen LogP contribution in [0, 0.1) is 6.92 Å². The number of fused-ring (bicyclic) bond motifs is 3. The molecule has 5 rings (SSSR count). The van der Waals surface area contributed by atoms with Crippen molar-refractivity contribution in [3.05, 3.63) is 82.9 Å². The molecule has 0 unspecified atom stereocenters. The molecule has 0 atom stereocenters. The first-order valence-electron chi connectivity index (χ1n) is 11.9. The highest BCUT2D eigenvalue weighted by atomic mass is 16.6. The lowest BCUT2D eigenvalue weighted by atomic mass is 9.98. The topological polar surface area (TPSA) is 82.1 Å². The lowest BCUT2D eigenvalue weighted by molar-refractivity contribution is 0.0697. The van der Waals surface area contributed by atoms with Crippen molar-refractivity contribution < 1.29 is 19.4 Å². The van der Waals surface area contributed by atoms with Gasteiger partial charge in [0.15, 0.2) is 0 Å². The number of hydrogen-bond donors (Lipinski definition) is 2. The van der Waals surface area contributed by atoms with Gasteiger partial charge in [0.1, 0.15) is 6.61 Å². The van der Waals surface area contributed by atoms with E-state index in [1.54, 1.807) is 24.1 Å². The van der Waals surface area contributed by atoms with E-state index in [-0.39, 0.29) is 17.6 Å². The van der Waals surface area contributed by atoms with Crippen molar-refractivity contribution >= 4 is 23.4 Å². The smallest absolute Gasteiger partial charge is 0.409 e. The number of nitrogens with zero attached hydrogens (tertiary/aromatic N) is 2. The van der Waals surface area contributed by atoms with Crippen LogP contribution >= 0.6 is 0 Å². The van der Waals surface area contributed by atoms with Crippen LogP contribution in [0.5, 0.6) is 0 Å². The highest BCUT2D eigenvalue weighted by Gasteiger charge is 2.30. The number of nitrogens with one attached hydrogen (secondary N) is 1. The largest absolute Gasteiger partial charge is 0.478 e. The third-order valence-corrected chi connectivity index (χ3v) is 7.11. The molecule has 7 heteroatoms. The monoisotopic (exact) mass is 471 g/mol. The zero-order valence-corrected chi connectivity index (χ0v) is 20.0. The summed E-state index contributed by atoms with van der Waals surface area (Å²) in [7, 11) is 1.78. The first-order valence-corrected chi connectivity index (χ1v) is 11.9. The van der Waals surface area contributed by atoms with Gasteiger partial charge in [-0.3, -0.25) is 0 Å². The molecule has 3 aromatic rings. The summed E-state index contributed by atoms with van der Waals surface area (Å²) in [6, 6.07) is 20.0. The molecule has 180 valence electrons. The number of benzene rings is 3. The molecule has 1 fully saturated rings. The van der Waals surface area contributed by atoms with Crippen LogP contribution in [0.1, 0.15) is 33.0 Å². The summed E-state index contributed by atoms with van der Waals surface area (Å²) in [4.78, 5) is 28.4. The standard InChI is InChI=1S/C28H29N3O4/c1-18-25(29-2)15-19(27(32)33)16-26(18)30-11-13-31(14-12-30)28(34)35-17-24-22-9-5-3-7-20(22)21-8-4-6-10-23(21)24/h3-10,15-16,24,29H,11-14,17H2,1-2H3,(H,32,33). The molecule has 3 aromatic carbocycles. The van der Waals surface area contributed by atoms with E-state index in [1.807, 2.05) is 31.2 Å². The third kappa shape index (κ3) is 4.18. The van der Waals surface area contributed by atoms with Gasteiger partial charge in [0, 0.05) is 50.5 Å². The Morgan fingerprint density at radius 1 is 0.971 bits per heavy atom. The first-order chi connectivity index (χ1) is 17.0. The quantitative estimate of drug-likeness (QED) is 0.556. The van der Waals surface area contributed by atoms with E-state index in [2.05, 4.69) is 34.5 Å². The molecule has 2 aliphatic rings. The van der Waals surface area contributed by atoms with Gasteiger partial charge in [-0.15, -0.1) is 0 Å². The fraction of sp³-hybridized carbons (Fsp3) is 0.286. The minimum atomic E-state index is -0.958. The molecule has 1 amide bonds. The Kier molecular flexibility index (Phi) is 6.07. The van der Waals surface area contributed by atoms with E-state index < -0.39 is 5.97 Å². The molecule has 1 saturated heterocycles. The zero-order chi connectivity index (χ0) is 24.5. The van der Waals surface area contributed by atoms with Crippen LogP contribution < -0.4 is 10.2 Å². The molecular weight excluding hydrogens is 442 g/mol. The number of carboxylic acid groups (broad SMARTS) is 1. The van der Waals surface area contributed by atoms with Crippen LogP contribution in [0.25, 0.3) is 11.1 Å². The van der Waals surface area contributed by atoms with E-state index in [9.17, 15) is 14.7 Å². The van der Waals surface area contributed by atoms with Gasteiger partial charge >= 0.3 is 12.1 Å². The summed E-state index contributed by atoms with van der Waals surface area (Å²) >= 11 is 0. The number of hydrogen-bond acceptors (Lipinski definition) is 5. The van der Waals surface area contributed by atoms with Crippen LogP contribution in [0.4, 0.5) is 16.2 Å². The normalized spacial score (nSPS) is 14.9. The molecular formula is C28H29N3O4. The number of carbonyl (C=O) groups is 2. The van der Waals surface area contributed by atoms with E-state index >= 15 is 0 Å². The highest BCUT2D eigenvalue weighted by molar-refractivity contribution is 5.91. The summed E-state index contributed by atoms with van der Waals surface area (Å²) in [5.41, 5.74) is 7.71. The van der Waals surface area contributed by atoms with Gasteiger partial charge in [0.25, 0.3) is 0 Å². The summed E-state index contributed by atoms with van der Waals surface area (Å²) < 4.78 is 5.81. The second kappa shape index (κ2) is 9.33. The lowest BCUT2D eigenvalue weighted by Crippen LogP contribution is -2.49. The zero-order valence-electron chi connectivity index (χ0n) is 20.0. The number of ether oxygens (including phenoxy) is 1. The van der Waals surface area contributed by atoms with E-state index in [1.165, 1.54) is 22.3 Å². The highest BCUT2D eigenvalue weighted by Crippen LogP contribution is 2.44. The molecule has 0 saturated carbocycles. The van der Waals surface area contributed by atoms with Crippen molar-refractivity contribution in [2.75, 3.05) is 50.1 Å². The molecule has 0 radical (unpaired) electrons. The van der Waals surface area contributed by atoms with Crippen LogP contribution in [-0.2, 0) is 4.74 Å². The Balaban J connectivity index is 1.24. The van der Waals surface area contributed by atoms with Crippen molar-refractivity contribution in [1.82, 2.24) is 4.90 Å². The number of piperazine rings is 1. The Hall–Kier alpha value is -4.00. The number of amides is 1. The SMILES string of the molecule is CNc1cc(C(=O)O)cc(N2CCN(C(=O)OCC3c4ccccc4-c4ccccc43)CC2)c1C. The average Bonchev–Trinajstić information content (AvgIpc) is 3.21. The van der Waals surface area contributed by atoms with Crippen LogP contribution in [-0.4, -0.2) is 61.9 Å². The first kappa shape index (κ1) is 22.8. The lowest BCUT2D eigenvalue weighted by Gasteiger charge is -2.36. The number of carboxylic acids is 1. The summed E-state index contributed by atoms with van der Waals surface area (Å²) in [5, 5.41) is 12.6. The Bertz CT molecular complexity index is 1240. The summed E-state index contributed by atoms with van der Waals surface area (Å²) in [6.45, 7) is 4.53.